The fourth-order valence-electron chi connectivity index (χ4n) is 3.07. The average molecular weight is 508 g/mol. The number of anilines is 1. The first-order valence-corrected chi connectivity index (χ1v) is 17.8. The number of nitrogens with one attached hydrogen (secondary N) is 1. The largest absolute Gasteiger partial charge is 0.449 e. The molecule has 2 rings (SSSR count). The van der Waals surface area contributed by atoms with E-state index in [0.29, 0.717) is 11.0 Å². The highest BCUT2D eigenvalue weighted by Gasteiger charge is 2.61. The van der Waals surface area contributed by atoms with E-state index in [1.807, 2.05) is 26.6 Å². The fourth-order valence-corrected chi connectivity index (χ4v) is 4.81. The number of carbonyl (C=O) groups excluding carboxylic acids is 1. The molecule has 0 aliphatic carbocycles. The lowest BCUT2D eigenvalue weighted by atomic mass is 10.1. The summed E-state index contributed by atoms with van der Waals surface area (Å²) in [5.74, 6) is -3.61. The Kier molecular flexibility index (Phi) is 8.95. The second-order valence-corrected chi connectivity index (χ2v) is 18.9. The van der Waals surface area contributed by atoms with E-state index in [9.17, 15) is 9.59 Å². The Morgan fingerprint density at radius 3 is 2.45 bits per heavy atom. The lowest BCUT2D eigenvalue weighted by Crippen LogP contribution is -2.49. The number of hydrogen-bond donors (Lipinski definition) is 1. The van der Waals surface area contributed by atoms with Crippen LogP contribution in [0.1, 0.15) is 26.0 Å². The number of alkyl halides is 2. The van der Waals surface area contributed by atoms with Crippen LogP contribution in [-0.4, -0.2) is 63.6 Å². The van der Waals surface area contributed by atoms with Crippen molar-refractivity contribution in [1.29, 1.82) is 0 Å². The predicted molar refractivity (Wildman–Crippen MR) is 125 cm³/mol. The van der Waals surface area contributed by atoms with Crippen molar-refractivity contribution in [2.45, 2.75) is 83.4 Å². The van der Waals surface area contributed by atoms with Gasteiger partial charge in [-0.05, 0) is 51.8 Å². The number of unbranched alkanes of at least 4 members (excludes halogenated alkanes) is 1. The lowest BCUT2D eigenvalue weighted by molar-refractivity contribution is -0.137. The molecule has 1 aromatic heterocycles. The maximum absolute atomic E-state index is 15.5. The van der Waals surface area contributed by atoms with E-state index in [1.54, 1.807) is 19.6 Å². The summed E-state index contributed by atoms with van der Waals surface area (Å²) >= 11 is 0. The number of hydrogen-bond acceptors (Lipinski definition) is 7. The third-order valence-corrected chi connectivity index (χ3v) is 6.55. The molecule has 188 valence electrons. The van der Waals surface area contributed by atoms with E-state index in [4.69, 9.17) is 18.3 Å². The normalized spacial score (nSPS) is 22.9. The number of amides is 1. The third-order valence-electron chi connectivity index (χ3n) is 4.55. The molecule has 1 amide bonds. The summed E-state index contributed by atoms with van der Waals surface area (Å²) in [5.41, 5.74) is -0.996. The quantitative estimate of drug-likeness (QED) is 0.374. The van der Waals surface area contributed by atoms with Crippen LogP contribution in [0.3, 0.4) is 0 Å². The highest BCUT2D eigenvalue weighted by molar-refractivity contribution is 6.70. The van der Waals surface area contributed by atoms with Crippen molar-refractivity contribution in [3.63, 3.8) is 0 Å². The summed E-state index contributed by atoms with van der Waals surface area (Å²) in [6.45, 7) is 13.4. The minimum absolute atomic E-state index is 0.0671. The van der Waals surface area contributed by atoms with Crippen molar-refractivity contribution in [3.8, 4) is 0 Å². The molecule has 33 heavy (non-hydrogen) atoms. The Labute approximate surface area is 195 Å². The SMILES string of the molecule is CCCCOC(=O)Nc1ccn([C@@H]2O[C@H](CO[Si](C)(C)C)C(O[Si](C)(C)C)C2(F)F)c(=O)n1. The predicted octanol–water partition coefficient (Wildman–Crippen LogP) is 4.20. The molecular weight excluding hydrogens is 472 g/mol. The molecule has 0 spiro atoms. The Balaban J connectivity index is 2.25. The molecule has 1 aromatic rings. The zero-order valence-electron chi connectivity index (χ0n) is 20.3. The second kappa shape index (κ2) is 10.7. The van der Waals surface area contributed by atoms with E-state index in [0.717, 1.165) is 12.6 Å². The molecule has 1 N–H and O–H groups in total. The van der Waals surface area contributed by atoms with Crippen molar-refractivity contribution in [3.05, 3.63) is 22.7 Å². The summed E-state index contributed by atoms with van der Waals surface area (Å²) in [4.78, 5) is 28.0. The average Bonchev–Trinajstić information content (AvgIpc) is 2.89. The van der Waals surface area contributed by atoms with Gasteiger partial charge in [0, 0.05) is 6.20 Å². The van der Waals surface area contributed by atoms with Gasteiger partial charge in [0.2, 0.25) is 6.23 Å². The zero-order chi connectivity index (χ0) is 25.0. The smallest absolute Gasteiger partial charge is 0.412 e. The van der Waals surface area contributed by atoms with Gasteiger partial charge in [0.15, 0.2) is 16.6 Å². The van der Waals surface area contributed by atoms with E-state index < -0.39 is 52.8 Å². The Morgan fingerprint density at radius 1 is 1.24 bits per heavy atom. The summed E-state index contributed by atoms with van der Waals surface area (Å²) in [7, 11) is -4.39. The Hall–Kier alpha value is -1.68. The number of aromatic nitrogens is 2. The third kappa shape index (κ3) is 7.95. The van der Waals surface area contributed by atoms with Crippen molar-refractivity contribution in [1.82, 2.24) is 9.55 Å². The summed E-state index contributed by atoms with van der Waals surface area (Å²) < 4.78 is 53.9. The molecule has 9 nitrogen and oxygen atoms in total. The first-order chi connectivity index (χ1) is 15.1. The van der Waals surface area contributed by atoms with Crippen LogP contribution in [0.5, 0.6) is 0 Å². The van der Waals surface area contributed by atoms with Gasteiger partial charge < -0.3 is 18.3 Å². The molecule has 2 heterocycles. The van der Waals surface area contributed by atoms with Gasteiger partial charge in [-0.1, -0.05) is 13.3 Å². The maximum Gasteiger partial charge on any atom is 0.412 e. The molecule has 3 atom stereocenters. The van der Waals surface area contributed by atoms with Gasteiger partial charge in [0.1, 0.15) is 18.0 Å². The van der Waals surface area contributed by atoms with E-state index >= 15 is 8.78 Å². The van der Waals surface area contributed by atoms with E-state index in [-0.39, 0.29) is 19.0 Å². The van der Waals surface area contributed by atoms with E-state index in [1.165, 1.54) is 6.07 Å². The summed E-state index contributed by atoms with van der Waals surface area (Å²) in [6.07, 6.45) is -2.65. The van der Waals surface area contributed by atoms with Gasteiger partial charge in [-0.25, -0.2) is 9.59 Å². The van der Waals surface area contributed by atoms with Gasteiger partial charge in [0.05, 0.1) is 13.2 Å². The molecule has 0 aromatic carbocycles. The molecule has 13 heteroatoms. The number of halogens is 2. The summed E-state index contributed by atoms with van der Waals surface area (Å²) in [6, 6.07) is 1.24. The van der Waals surface area contributed by atoms with Crippen molar-refractivity contribution >= 4 is 28.5 Å². The van der Waals surface area contributed by atoms with Crippen LogP contribution in [0.4, 0.5) is 19.4 Å². The van der Waals surface area contributed by atoms with Gasteiger partial charge in [-0.3, -0.25) is 9.88 Å². The first kappa shape index (κ1) is 27.6. The topological polar surface area (TPSA) is 101 Å². The minimum Gasteiger partial charge on any atom is -0.449 e. The second-order valence-electron chi connectivity index (χ2n) is 9.89. The monoisotopic (exact) mass is 507 g/mol. The molecule has 0 bridgehead atoms. The van der Waals surface area contributed by atoms with Gasteiger partial charge in [-0.15, -0.1) is 0 Å². The van der Waals surface area contributed by atoms with E-state index in [2.05, 4.69) is 10.3 Å². The van der Waals surface area contributed by atoms with Gasteiger partial charge >= 0.3 is 17.7 Å². The molecular formula is C20H35F2N3O6Si2. The van der Waals surface area contributed by atoms with Crippen LogP contribution in [0.15, 0.2) is 17.1 Å². The maximum atomic E-state index is 15.5. The summed E-state index contributed by atoms with van der Waals surface area (Å²) in [5, 5.41) is 2.32. The zero-order valence-corrected chi connectivity index (χ0v) is 22.3. The Morgan fingerprint density at radius 2 is 1.91 bits per heavy atom. The molecule has 1 aliphatic heterocycles. The van der Waals surface area contributed by atoms with Crippen molar-refractivity contribution in [2.75, 3.05) is 18.5 Å². The molecule has 1 saturated heterocycles. The standard InChI is InChI=1S/C20H35F2N3O6Si2/c1-8-9-12-28-19(27)24-15-10-11-25(18(26)23-15)17-20(21,22)16(31-33(5,6)7)14(30-17)13-29-32(2,3)4/h10-11,14,16-17H,8-9,12-13H2,1-7H3,(H,23,24,26,27)/t14-,16?,17-/m1/s1. The van der Waals surface area contributed by atoms with Crippen LogP contribution >= 0.6 is 0 Å². The molecule has 0 radical (unpaired) electrons. The van der Waals surface area contributed by atoms with Crippen molar-refractivity contribution in [2.24, 2.45) is 0 Å². The molecule has 1 fully saturated rings. The van der Waals surface area contributed by atoms with Crippen molar-refractivity contribution < 1.29 is 31.9 Å². The van der Waals surface area contributed by atoms with Crippen LogP contribution < -0.4 is 11.0 Å². The van der Waals surface area contributed by atoms with Gasteiger partial charge in [-0.2, -0.15) is 13.8 Å². The van der Waals surface area contributed by atoms with Crippen LogP contribution in [0, 0.1) is 0 Å². The first-order valence-electron chi connectivity index (χ1n) is 11.0. The molecule has 0 saturated carbocycles. The van der Waals surface area contributed by atoms with Crippen LogP contribution in [-0.2, 0) is 18.3 Å². The Bertz CT molecular complexity index is 873. The molecule has 1 aliphatic rings. The number of ether oxygens (including phenoxy) is 2. The highest BCUT2D eigenvalue weighted by Crippen LogP contribution is 2.45. The highest BCUT2D eigenvalue weighted by atomic mass is 28.4. The van der Waals surface area contributed by atoms with Crippen LogP contribution in [0.2, 0.25) is 39.3 Å². The van der Waals surface area contributed by atoms with Gasteiger partial charge in [0.25, 0.3) is 0 Å². The van der Waals surface area contributed by atoms with Crippen LogP contribution in [0.25, 0.3) is 0 Å². The fraction of sp³-hybridized carbons (Fsp3) is 0.750. The number of nitrogens with zero attached hydrogens (tertiary/aromatic N) is 2. The molecule has 1 unspecified atom stereocenters. The number of rotatable bonds is 10. The number of carbonyl (C=O) groups is 1. The lowest BCUT2D eigenvalue weighted by Gasteiger charge is -2.31. The minimum atomic E-state index is -3.51.